The third kappa shape index (κ3) is 4.48. The number of esters is 1. The SMILES string of the molecule is Cc1cc(CSc2ncccc2C(=O)OCc2nc(C(C)C)no2)no1. The summed E-state index contributed by atoms with van der Waals surface area (Å²) in [5.74, 6) is 1.76. The number of rotatable bonds is 7. The van der Waals surface area contributed by atoms with E-state index in [0.29, 0.717) is 22.2 Å². The van der Waals surface area contributed by atoms with Gasteiger partial charge >= 0.3 is 5.97 Å². The van der Waals surface area contributed by atoms with Gasteiger partial charge in [0.25, 0.3) is 5.89 Å². The van der Waals surface area contributed by atoms with Crippen LogP contribution in [0.2, 0.25) is 0 Å². The van der Waals surface area contributed by atoms with Gasteiger partial charge in [-0.05, 0) is 19.1 Å². The Hall–Kier alpha value is -2.68. The number of ether oxygens (including phenoxy) is 1. The van der Waals surface area contributed by atoms with Crippen LogP contribution in [-0.4, -0.2) is 26.3 Å². The highest BCUT2D eigenvalue weighted by atomic mass is 32.2. The van der Waals surface area contributed by atoms with Crippen molar-refractivity contribution >= 4 is 17.7 Å². The minimum atomic E-state index is -0.499. The molecule has 0 unspecified atom stereocenters. The fourth-order valence-corrected chi connectivity index (χ4v) is 2.92. The third-order valence-electron chi connectivity index (χ3n) is 3.35. The molecule has 0 aliphatic rings. The molecule has 0 aromatic carbocycles. The number of aryl methyl sites for hydroxylation is 1. The summed E-state index contributed by atoms with van der Waals surface area (Å²) in [5.41, 5.74) is 1.16. The maximum atomic E-state index is 12.4. The van der Waals surface area contributed by atoms with E-state index in [1.165, 1.54) is 11.8 Å². The second kappa shape index (κ2) is 8.13. The van der Waals surface area contributed by atoms with E-state index in [9.17, 15) is 4.79 Å². The van der Waals surface area contributed by atoms with Crippen molar-refractivity contribution < 1.29 is 18.6 Å². The highest BCUT2D eigenvalue weighted by molar-refractivity contribution is 7.98. The fourth-order valence-electron chi connectivity index (χ4n) is 2.06. The topological polar surface area (TPSA) is 104 Å². The van der Waals surface area contributed by atoms with Crippen molar-refractivity contribution in [3.8, 4) is 0 Å². The summed E-state index contributed by atoms with van der Waals surface area (Å²) in [6, 6.07) is 5.19. The molecule has 3 aromatic rings. The van der Waals surface area contributed by atoms with Crippen LogP contribution in [0.25, 0.3) is 0 Å². The minimum absolute atomic E-state index is 0.0833. The third-order valence-corrected chi connectivity index (χ3v) is 4.39. The number of aromatic nitrogens is 4. The zero-order chi connectivity index (χ0) is 18.5. The number of carbonyl (C=O) groups excluding carboxylic acids is 1. The summed E-state index contributed by atoms with van der Waals surface area (Å²) in [4.78, 5) is 20.8. The molecular weight excluding hydrogens is 356 g/mol. The number of hydrogen-bond acceptors (Lipinski definition) is 9. The maximum absolute atomic E-state index is 12.4. The summed E-state index contributed by atoms with van der Waals surface area (Å²) in [5, 5.41) is 8.33. The Balaban J connectivity index is 1.63. The molecule has 0 aliphatic carbocycles. The first kappa shape index (κ1) is 18.1. The first-order valence-corrected chi connectivity index (χ1v) is 9.01. The average Bonchev–Trinajstić information content (AvgIpc) is 3.27. The molecule has 0 saturated heterocycles. The maximum Gasteiger partial charge on any atom is 0.341 e. The largest absolute Gasteiger partial charge is 0.452 e. The summed E-state index contributed by atoms with van der Waals surface area (Å²) in [6.45, 7) is 5.65. The summed E-state index contributed by atoms with van der Waals surface area (Å²) < 4.78 is 15.4. The Morgan fingerprint density at radius 2 is 2.15 bits per heavy atom. The highest BCUT2D eigenvalue weighted by Gasteiger charge is 2.17. The molecule has 3 aromatic heterocycles. The van der Waals surface area contributed by atoms with Gasteiger partial charge in [-0.3, -0.25) is 0 Å². The average molecular weight is 374 g/mol. The van der Waals surface area contributed by atoms with Gasteiger partial charge in [-0.15, -0.1) is 0 Å². The Labute approximate surface area is 154 Å². The molecule has 8 nitrogen and oxygen atoms in total. The van der Waals surface area contributed by atoms with Crippen LogP contribution >= 0.6 is 11.8 Å². The van der Waals surface area contributed by atoms with E-state index in [-0.39, 0.29) is 18.4 Å². The number of pyridine rings is 1. The van der Waals surface area contributed by atoms with Crippen LogP contribution in [0, 0.1) is 6.92 Å². The number of carbonyl (C=O) groups is 1. The van der Waals surface area contributed by atoms with Gasteiger partial charge in [-0.2, -0.15) is 4.98 Å². The number of thioether (sulfide) groups is 1. The van der Waals surface area contributed by atoms with Gasteiger partial charge in [0.1, 0.15) is 10.8 Å². The molecular formula is C17H18N4O4S. The molecule has 0 saturated carbocycles. The first-order chi connectivity index (χ1) is 12.5. The molecule has 3 rings (SSSR count). The highest BCUT2D eigenvalue weighted by Crippen LogP contribution is 2.25. The van der Waals surface area contributed by atoms with E-state index in [1.54, 1.807) is 18.3 Å². The van der Waals surface area contributed by atoms with Gasteiger partial charge in [0.05, 0.1) is 11.3 Å². The van der Waals surface area contributed by atoms with Crippen molar-refractivity contribution in [3.05, 3.63) is 53.1 Å². The quantitative estimate of drug-likeness (QED) is 0.453. The number of nitrogens with zero attached hydrogens (tertiary/aromatic N) is 4. The van der Waals surface area contributed by atoms with Crippen LogP contribution in [0.15, 0.2) is 38.5 Å². The predicted molar refractivity (Wildman–Crippen MR) is 92.5 cm³/mol. The lowest BCUT2D eigenvalue weighted by molar-refractivity contribution is 0.0424. The smallest absolute Gasteiger partial charge is 0.341 e. The monoisotopic (exact) mass is 374 g/mol. The molecule has 0 aliphatic heterocycles. The van der Waals surface area contributed by atoms with Crippen LogP contribution in [0.5, 0.6) is 0 Å². The van der Waals surface area contributed by atoms with Crippen LogP contribution in [0.4, 0.5) is 0 Å². The molecule has 0 N–H and O–H groups in total. The van der Waals surface area contributed by atoms with Crippen molar-refractivity contribution in [2.75, 3.05) is 0 Å². The van der Waals surface area contributed by atoms with E-state index in [0.717, 1.165) is 11.5 Å². The second-order valence-corrected chi connectivity index (χ2v) is 6.81. The van der Waals surface area contributed by atoms with Crippen LogP contribution < -0.4 is 0 Å². The Bertz CT molecular complexity index is 890. The van der Waals surface area contributed by atoms with Crippen LogP contribution in [0.3, 0.4) is 0 Å². The van der Waals surface area contributed by atoms with E-state index in [4.69, 9.17) is 13.8 Å². The van der Waals surface area contributed by atoms with Crippen molar-refractivity contribution in [1.29, 1.82) is 0 Å². The van der Waals surface area contributed by atoms with Crippen molar-refractivity contribution in [2.24, 2.45) is 0 Å². The summed E-state index contributed by atoms with van der Waals surface area (Å²) >= 11 is 1.39. The molecule has 3 heterocycles. The zero-order valence-electron chi connectivity index (χ0n) is 14.6. The van der Waals surface area contributed by atoms with Crippen LogP contribution in [0.1, 0.15) is 53.3 Å². The van der Waals surface area contributed by atoms with Gasteiger partial charge in [0.2, 0.25) is 0 Å². The van der Waals surface area contributed by atoms with Crippen molar-refractivity contribution in [1.82, 2.24) is 20.3 Å². The first-order valence-electron chi connectivity index (χ1n) is 8.02. The molecule has 0 atom stereocenters. The van der Waals surface area contributed by atoms with Gasteiger partial charge in [0.15, 0.2) is 12.4 Å². The predicted octanol–water partition coefficient (Wildman–Crippen LogP) is 3.53. The molecule has 9 heteroatoms. The normalized spacial score (nSPS) is 11.1. The lowest BCUT2D eigenvalue weighted by Gasteiger charge is -2.06. The molecule has 0 amide bonds. The van der Waals surface area contributed by atoms with Crippen molar-refractivity contribution in [2.45, 2.75) is 44.1 Å². The van der Waals surface area contributed by atoms with Gasteiger partial charge in [-0.1, -0.05) is 35.9 Å². The summed E-state index contributed by atoms with van der Waals surface area (Å²) in [7, 11) is 0. The van der Waals surface area contributed by atoms with E-state index in [2.05, 4.69) is 20.3 Å². The zero-order valence-corrected chi connectivity index (χ0v) is 15.4. The second-order valence-electron chi connectivity index (χ2n) is 5.85. The fraction of sp³-hybridized carbons (Fsp3) is 0.353. The van der Waals surface area contributed by atoms with Crippen molar-refractivity contribution in [3.63, 3.8) is 0 Å². The van der Waals surface area contributed by atoms with E-state index < -0.39 is 5.97 Å². The minimum Gasteiger partial charge on any atom is -0.452 e. The Kier molecular flexibility index (Phi) is 5.67. The Morgan fingerprint density at radius 1 is 1.31 bits per heavy atom. The molecule has 0 fully saturated rings. The molecule has 0 spiro atoms. The van der Waals surface area contributed by atoms with E-state index >= 15 is 0 Å². The lowest BCUT2D eigenvalue weighted by atomic mass is 10.2. The molecule has 136 valence electrons. The molecule has 0 bridgehead atoms. The van der Waals surface area contributed by atoms with Gasteiger partial charge in [0, 0.05) is 23.9 Å². The molecule has 26 heavy (non-hydrogen) atoms. The van der Waals surface area contributed by atoms with Gasteiger partial charge < -0.3 is 13.8 Å². The molecule has 0 radical (unpaired) electrons. The Morgan fingerprint density at radius 3 is 2.85 bits per heavy atom. The van der Waals surface area contributed by atoms with E-state index in [1.807, 2.05) is 26.8 Å². The summed E-state index contributed by atoms with van der Waals surface area (Å²) in [6.07, 6.45) is 1.63. The van der Waals surface area contributed by atoms with Crippen LogP contribution in [-0.2, 0) is 17.1 Å². The number of hydrogen-bond donors (Lipinski definition) is 0. The standard InChI is InChI=1S/C17H18N4O4S/c1-10(2)15-19-14(25-21-15)8-23-17(22)13-5-4-6-18-16(13)26-9-12-7-11(3)24-20-12/h4-7,10H,8-9H2,1-3H3. The van der Waals surface area contributed by atoms with Gasteiger partial charge in [-0.25, -0.2) is 9.78 Å². The lowest BCUT2D eigenvalue weighted by Crippen LogP contribution is -2.08.